The van der Waals surface area contributed by atoms with E-state index >= 15 is 0 Å². The van der Waals surface area contributed by atoms with E-state index in [4.69, 9.17) is 0 Å². The molecule has 0 bridgehead atoms. The van der Waals surface area contributed by atoms with Crippen LogP contribution in [0.3, 0.4) is 0 Å². The second-order valence-corrected chi connectivity index (χ2v) is 33.4. The van der Waals surface area contributed by atoms with Crippen molar-refractivity contribution in [2.75, 3.05) is 0 Å². The van der Waals surface area contributed by atoms with Gasteiger partial charge in [0.15, 0.2) is 0 Å². The van der Waals surface area contributed by atoms with Crippen LogP contribution < -0.4 is 17.9 Å². The molecule has 2 atom stereocenters. The summed E-state index contributed by atoms with van der Waals surface area (Å²) >= 11 is -5.32. The van der Waals surface area contributed by atoms with E-state index in [1.165, 1.54) is 73.6 Å². The second kappa shape index (κ2) is 23.6. The predicted molar refractivity (Wildman–Crippen MR) is 319 cm³/mol. The van der Waals surface area contributed by atoms with Crippen LogP contribution in [-0.2, 0) is 3.43 Å². The van der Waals surface area contributed by atoms with Crippen molar-refractivity contribution in [2.24, 2.45) is 0 Å². The van der Waals surface area contributed by atoms with Gasteiger partial charge in [-0.3, -0.25) is 0 Å². The quantitative estimate of drug-likeness (QED) is 0.107. The Bertz CT molecular complexity index is 3410. The molecule has 0 fully saturated rings. The van der Waals surface area contributed by atoms with E-state index < -0.39 is 43.0 Å². The topological polar surface area (TPSA) is 0 Å². The Morgan fingerprint density at radius 3 is 0.905 bits per heavy atom. The Hall–Kier alpha value is -7.50. The molecule has 1 aliphatic carbocycles. The third-order valence-electron chi connectivity index (χ3n) is 14.2. The van der Waals surface area contributed by atoms with Crippen LogP contribution in [0, 0.1) is 0 Å². The first-order valence-electron chi connectivity index (χ1n) is 25.6. The van der Waals surface area contributed by atoms with Gasteiger partial charge in [0.25, 0.3) is 0 Å². The van der Waals surface area contributed by atoms with Crippen molar-refractivity contribution in [1.29, 1.82) is 0 Å². The third-order valence-corrected chi connectivity index (χ3v) is 31.8. The molecule has 11 aromatic carbocycles. The van der Waals surface area contributed by atoms with Crippen LogP contribution in [0.25, 0.3) is 22.3 Å². The minimum absolute atomic E-state index is 0.0498. The summed E-state index contributed by atoms with van der Waals surface area (Å²) in [6.07, 6.45) is 0. The summed E-state index contributed by atoms with van der Waals surface area (Å²) in [6, 6.07) is 124. The van der Waals surface area contributed by atoms with Gasteiger partial charge in [-0.2, -0.15) is 0 Å². The molecular formula is C72H56Sn2. The second-order valence-electron chi connectivity index (χ2n) is 18.6. The number of benzene rings is 11. The van der Waals surface area contributed by atoms with Crippen LogP contribution in [0.5, 0.6) is 0 Å². The summed E-state index contributed by atoms with van der Waals surface area (Å²) in [5, 5.41) is 0. The fourth-order valence-corrected chi connectivity index (χ4v) is 29.7. The molecule has 0 saturated carbocycles. The van der Waals surface area contributed by atoms with Gasteiger partial charge in [0, 0.05) is 0 Å². The zero-order chi connectivity index (χ0) is 49.8. The molecule has 0 saturated heterocycles. The molecule has 0 aliphatic heterocycles. The molecule has 0 N–H and O–H groups in total. The summed E-state index contributed by atoms with van der Waals surface area (Å²) in [4.78, 5) is 0. The zero-order valence-electron chi connectivity index (χ0n) is 41.3. The van der Waals surface area contributed by atoms with Crippen molar-refractivity contribution in [3.8, 4) is 0 Å². The fraction of sp³-hybridized carbons (Fsp3) is 0.0278. The Balaban J connectivity index is 0.000000259. The van der Waals surface area contributed by atoms with E-state index in [1.807, 2.05) is 0 Å². The van der Waals surface area contributed by atoms with Crippen molar-refractivity contribution in [1.82, 2.24) is 0 Å². The van der Waals surface area contributed by atoms with E-state index in [-0.39, 0.29) is 5.92 Å². The SMILES string of the molecule is c1cc[c]([Sn]([c]2ccccc2)[c]2ccccc2)cc1.c1ccc(C2=C(c3ccccc3)C(c3ccccc3)[C](c3ccccc3)([Sn]([c]3ccccc3)[c]3ccccc3)C(c3ccccc3)=C2c2ccccc2)cc1. The molecule has 0 spiro atoms. The standard InChI is InChI=1S/C42H31.5C6H5.2Sn/c1-7-19-31(20-8-1)37-38(32-21-9-2-10-22-32)40(34-25-13-4-14-26-34)42(36-29-17-6-18-30-36)41(35-27-15-5-16-28-35)39(37)33-23-11-3-12-24-33;5*1-2-4-6-5-3-1;;/h1-30,37H;5*1-5H;;. The predicted octanol–water partition coefficient (Wildman–Crippen LogP) is 14.0. The van der Waals surface area contributed by atoms with Crippen molar-refractivity contribution in [2.45, 2.75) is 9.35 Å². The van der Waals surface area contributed by atoms with E-state index in [1.54, 1.807) is 0 Å². The number of hydrogen-bond donors (Lipinski definition) is 0. The molecule has 2 heteroatoms. The van der Waals surface area contributed by atoms with Crippen LogP contribution in [0.4, 0.5) is 0 Å². The van der Waals surface area contributed by atoms with Crippen LogP contribution in [0.2, 0.25) is 0 Å². The molecule has 12 rings (SSSR count). The van der Waals surface area contributed by atoms with Crippen LogP contribution >= 0.6 is 0 Å². The van der Waals surface area contributed by atoms with Crippen molar-refractivity contribution in [3.63, 3.8) is 0 Å². The summed E-state index contributed by atoms with van der Waals surface area (Å²) in [6.45, 7) is 0. The van der Waals surface area contributed by atoms with Gasteiger partial charge in [0.1, 0.15) is 0 Å². The van der Waals surface area contributed by atoms with Gasteiger partial charge in [0.05, 0.1) is 0 Å². The number of rotatable bonds is 12. The first-order valence-corrected chi connectivity index (χ1v) is 34.2. The monoisotopic (exact) mass is 1160 g/mol. The van der Waals surface area contributed by atoms with Gasteiger partial charge in [-0.15, -0.1) is 0 Å². The first kappa shape index (κ1) is 48.7. The van der Waals surface area contributed by atoms with E-state index in [9.17, 15) is 0 Å². The Morgan fingerprint density at radius 1 is 0.243 bits per heavy atom. The van der Waals surface area contributed by atoms with Gasteiger partial charge in [-0.25, -0.2) is 0 Å². The molecule has 0 heterocycles. The molecule has 11 aromatic rings. The summed E-state index contributed by atoms with van der Waals surface area (Å²) in [7, 11) is 0. The zero-order valence-corrected chi connectivity index (χ0v) is 47.0. The first-order chi connectivity index (χ1) is 36.8. The van der Waals surface area contributed by atoms with E-state index in [0.717, 1.165) is 0 Å². The van der Waals surface area contributed by atoms with Crippen LogP contribution in [-0.4, -0.2) is 39.5 Å². The Morgan fingerprint density at radius 2 is 0.527 bits per heavy atom. The molecule has 352 valence electrons. The van der Waals surface area contributed by atoms with Gasteiger partial charge in [-0.1, -0.05) is 0 Å². The summed E-state index contributed by atoms with van der Waals surface area (Å²) in [5.74, 6) is -0.0498. The molecular weight excluding hydrogens is 1100 g/mol. The minimum atomic E-state index is -3.34. The number of allylic oxidation sites excluding steroid dienone is 4. The van der Waals surface area contributed by atoms with Crippen molar-refractivity contribution < 1.29 is 0 Å². The maximum absolute atomic E-state index is 3.34. The fourth-order valence-electron chi connectivity index (χ4n) is 11.3. The molecule has 74 heavy (non-hydrogen) atoms. The maximum atomic E-state index is 2.43. The average Bonchev–Trinajstić information content (AvgIpc) is 3.57. The number of hydrogen-bond acceptors (Lipinski definition) is 0. The van der Waals surface area contributed by atoms with Crippen molar-refractivity contribution >= 4 is 79.7 Å². The van der Waals surface area contributed by atoms with E-state index in [0.29, 0.717) is 0 Å². The third kappa shape index (κ3) is 10.1. The van der Waals surface area contributed by atoms with E-state index in [2.05, 4.69) is 334 Å². The molecule has 0 amide bonds. The summed E-state index contributed by atoms with van der Waals surface area (Å²) in [5.41, 5.74) is 13.0. The van der Waals surface area contributed by atoms with Gasteiger partial charge >= 0.3 is 456 Å². The Labute approximate surface area is 452 Å². The summed E-state index contributed by atoms with van der Waals surface area (Å²) < 4.78 is 7.05. The molecule has 2 radical (unpaired) electrons. The molecule has 0 aromatic heterocycles. The van der Waals surface area contributed by atoms with Crippen molar-refractivity contribution in [3.05, 3.63) is 367 Å². The van der Waals surface area contributed by atoms with Gasteiger partial charge in [0.2, 0.25) is 0 Å². The van der Waals surface area contributed by atoms with Crippen LogP contribution in [0.15, 0.2) is 334 Å². The average molecular weight is 1160 g/mol. The van der Waals surface area contributed by atoms with Gasteiger partial charge in [-0.05, 0) is 0 Å². The Kier molecular flexibility index (Phi) is 15.5. The molecule has 2 unspecified atom stereocenters. The molecule has 1 aliphatic rings. The molecule has 0 nitrogen and oxygen atoms in total. The van der Waals surface area contributed by atoms with Gasteiger partial charge < -0.3 is 0 Å². The van der Waals surface area contributed by atoms with Crippen LogP contribution in [0.1, 0.15) is 39.3 Å². The normalized spacial score (nSPS) is 15.4.